The topological polar surface area (TPSA) is 258 Å². The maximum absolute atomic E-state index is 13.8. The van der Waals surface area contributed by atoms with E-state index in [9.17, 15) is 19.2 Å². The van der Waals surface area contributed by atoms with E-state index in [4.69, 9.17) is 39.4 Å². The van der Waals surface area contributed by atoms with E-state index in [0.717, 1.165) is 0 Å². The molecule has 0 aliphatic carbocycles. The molecule has 61 heavy (non-hydrogen) atoms. The zero-order chi connectivity index (χ0) is 43.2. The number of aliphatic hydroxyl groups is 1. The van der Waals surface area contributed by atoms with Gasteiger partial charge in [-0.1, -0.05) is 19.1 Å². The molecule has 0 radical (unpaired) electrons. The molecule has 0 unspecified atom stereocenters. The third-order valence-corrected chi connectivity index (χ3v) is 9.70. The van der Waals surface area contributed by atoms with Crippen LogP contribution in [0.25, 0.3) is 22.1 Å². The van der Waals surface area contributed by atoms with Gasteiger partial charge in [-0.05, 0) is 50.6 Å². The van der Waals surface area contributed by atoms with Crippen LogP contribution in [-0.2, 0) is 30.8 Å². The highest BCUT2D eigenvalue weighted by molar-refractivity contribution is 6.05. The second kappa shape index (κ2) is 18.5. The zero-order valence-corrected chi connectivity index (χ0v) is 34.2. The molecule has 0 fully saturated rings. The molecule has 20 nitrogen and oxygen atoms in total. The Bertz CT molecular complexity index is 2650. The number of hydrogen-bond acceptors (Lipinski definition) is 13. The van der Waals surface area contributed by atoms with Gasteiger partial charge in [-0.25, -0.2) is 15.0 Å². The fraction of sp³-hybridized carbons (Fsp3) is 0.366. The summed E-state index contributed by atoms with van der Waals surface area (Å²) in [6, 6.07) is 7.98. The van der Waals surface area contributed by atoms with Crippen molar-refractivity contribution in [3.05, 3.63) is 82.3 Å². The standard InChI is InChI=1S/C41H47N11O9/c1-5-27-35(61-24(4)44-27)39(57)48-41-45-28-19-25(36(42)54)21-31-33(28)51(41)12-8-7-11-50-34-29(46-40(50)47-38(56)30-18-23(3)49-52(30)6-2)20-26(22-32(34)60-15-9-14-59-31)37(55)43-10-16-58-17-13-53/h7-8,18-22,53H,5-6,9-17H2,1-4H3,(H2,42,54)(H,43,55)(H,45,48,57)(H,46,47,56)/b8-7+. The Kier molecular flexibility index (Phi) is 12.7. The van der Waals surface area contributed by atoms with Crippen LogP contribution in [0, 0.1) is 13.8 Å². The second-order valence-corrected chi connectivity index (χ2v) is 14.0. The number of imidazole rings is 2. The smallest absolute Gasteiger partial charge is 0.295 e. The van der Waals surface area contributed by atoms with Crippen LogP contribution >= 0.6 is 0 Å². The number of amides is 4. The van der Waals surface area contributed by atoms with E-state index in [1.54, 1.807) is 45.9 Å². The number of aryl methyl sites for hydroxylation is 4. The summed E-state index contributed by atoms with van der Waals surface area (Å²) in [4.78, 5) is 67.1. The van der Waals surface area contributed by atoms with Gasteiger partial charge in [0.25, 0.3) is 17.7 Å². The molecule has 6 aromatic rings. The lowest BCUT2D eigenvalue weighted by Gasteiger charge is -2.14. The molecule has 2 aromatic carbocycles. The molecule has 0 bridgehead atoms. The van der Waals surface area contributed by atoms with E-state index >= 15 is 0 Å². The molecule has 4 amide bonds. The number of anilines is 2. The van der Waals surface area contributed by atoms with Crippen molar-refractivity contribution < 1.29 is 42.9 Å². The Morgan fingerprint density at radius 3 is 2.05 bits per heavy atom. The fourth-order valence-corrected chi connectivity index (χ4v) is 6.97. The van der Waals surface area contributed by atoms with Crippen LogP contribution in [0.4, 0.5) is 11.9 Å². The average molecular weight is 838 g/mol. The number of benzene rings is 2. The Morgan fingerprint density at radius 1 is 0.820 bits per heavy atom. The molecular formula is C41H47N11O9. The van der Waals surface area contributed by atoms with Crippen LogP contribution in [0.3, 0.4) is 0 Å². The van der Waals surface area contributed by atoms with Gasteiger partial charge in [0.05, 0.1) is 55.5 Å². The SMILES string of the molecule is CCc1nc(C)oc1C(=O)Nc1nc2cc(C(N)=O)cc3c2n1C/C=C/Cn1c(NC(=O)c2cc(C)nn2CC)nc2cc(C(=O)NCCOCCO)cc(c21)OCCCO3. The first-order valence-electron chi connectivity index (χ1n) is 19.9. The largest absolute Gasteiger partial charge is 0.491 e. The molecule has 0 saturated carbocycles. The Morgan fingerprint density at radius 2 is 1.44 bits per heavy atom. The van der Waals surface area contributed by atoms with Gasteiger partial charge in [-0.15, -0.1) is 0 Å². The van der Waals surface area contributed by atoms with Crippen molar-refractivity contribution in [3.8, 4) is 11.5 Å². The van der Waals surface area contributed by atoms with Crippen molar-refractivity contribution in [3.63, 3.8) is 0 Å². The van der Waals surface area contributed by atoms with Crippen LogP contribution in [0.5, 0.6) is 11.5 Å². The summed E-state index contributed by atoms with van der Waals surface area (Å²) in [5, 5.41) is 22.1. The molecule has 0 atom stereocenters. The maximum Gasteiger partial charge on any atom is 0.295 e. The number of nitrogens with zero attached hydrogens (tertiary/aromatic N) is 7. The van der Waals surface area contributed by atoms with Crippen molar-refractivity contribution in [2.45, 2.75) is 60.2 Å². The van der Waals surface area contributed by atoms with Crippen LogP contribution in [0.1, 0.15) is 79.3 Å². The predicted molar refractivity (Wildman–Crippen MR) is 222 cm³/mol. The van der Waals surface area contributed by atoms with Crippen molar-refractivity contribution in [1.29, 1.82) is 0 Å². The minimum atomic E-state index is -0.691. The number of carbonyl (C=O) groups is 4. The fourth-order valence-electron chi connectivity index (χ4n) is 6.97. The number of hydrogen-bond donors (Lipinski definition) is 5. The highest BCUT2D eigenvalue weighted by Crippen LogP contribution is 2.34. The molecule has 320 valence electrons. The number of rotatable bonds is 13. The summed E-state index contributed by atoms with van der Waals surface area (Å²) >= 11 is 0. The molecule has 6 N–H and O–H groups in total. The summed E-state index contributed by atoms with van der Waals surface area (Å²) < 4.78 is 28.7. The van der Waals surface area contributed by atoms with Gasteiger partial charge in [0.1, 0.15) is 28.2 Å². The van der Waals surface area contributed by atoms with Crippen LogP contribution < -0.4 is 31.2 Å². The van der Waals surface area contributed by atoms with E-state index in [1.807, 2.05) is 26.0 Å². The molecular weight excluding hydrogens is 791 g/mol. The van der Waals surface area contributed by atoms with Gasteiger partial charge in [-0.3, -0.25) is 34.5 Å². The number of aromatic nitrogens is 7. The van der Waals surface area contributed by atoms with Crippen molar-refractivity contribution in [1.82, 2.24) is 39.2 Å². The van der Waals surface area contributed by atoms with E-state index in [2.05, 4.69) is 26.0 Å². The summed E-state index contributed by atoms with van der Waals surface area (Å²) in [6.45, 7) is 8.68. The first-order valence-corrected chi connectivity index (χ1v) is 19.9. The molecule has 0 saturated heterocycles. The summed E-state index contributed by atoms with van der Waals surface area (Å²) in [7, 11) is 0. The average Bonchev–Trinajstić information content (AvgIpc) is 4.00. The predicted octanol–water partition coefficient (Wildman–Crippen LogP) is 3.53. The highest BCUT2D eigenvalue weighted by atomic mass is 16.5. The van der Waals surface area contributed by atoms with Crippen LogP contribution in [0.15, 0.2) is 46.9 Å². The number of nitrogens with two attached hydrogens (primary N) is 1. The van der Waals surface area contributed by atoms with Gasteiger partial charge >= 0.3 is 0 Å². The van der Waals surface area contributed by atoms with E-state index in [1.165, 1.54) is 12.1 Å². The monoisotopic (exact) mass is 837 g/mol. The molecule has 20 heteroatoms. The minimum Gasteiger partial charge on any atom is -0.491 e. The van der Waals surface area contributed by atoms with Gasteiger partial charge in [0, 0.05) is 50.7 Å². The number of nitrogens with one attached hydrogen (secondary N) is 3. The number of carbonyl (C=O) groups excluding carboxylic acids is 4. The molecule has 1 aliphatic rings. The Hall–Kier alpha value is -7.06. The van der Waals surface area contributed by atoms with Gasteiger partial charge in [-0.2, -0.15) is 5.10 Å². The van der Waals surface area contributed by atoms with Gasteiger partial charge in [0.15, 0.2) is 5.89 Å². The van der Waals surface area contributed by atoms with Crippen LogP contribution in [-0.4, -0.2) is 102 Å². The molecule has 1 aliphatic heterocycles. The van der Waals surface area contributed by atoms with Crippen molar-refractivity contribution >= 4 is 57.6 Å². The van der Waals surface area contributed by atoms with E-state index in [-0.39, 0.29) is 81.5 Å². The molecule has 5 heterocycles. The summed E-state index contributed by atoms with van der Waals surface area (Å²) in [5.41, 5.74) is 9.38. The molecule has 7 rings (SSSR count). The first-order chi connectivity index (χ1) is 29.5. The number of oxazole rings is 1. The third kappa shape index (κ3) is 9.09. The number of allylic oxidation sites excluding steroid dienone is 2. The van der Waals surface area contributed by atoms with E-state index < -0.39 is 23.6 Å². The first kappa shape index (κ1) is 42.1. The second-order valence-electron chi connectivity index (χ2n) is 14.0. The van der Waals surface area contributed by atoms with Crippen molar-refractivity contribution in [2.75, 3.05) is 50.2 Å². The third-order valence-electron chi connectivity index (χ3n) is 9.70. The van der Waals surface area contributed by atoms with Crippen LogP contribution in [0.2, 0.25) is 0 Å². The Balaban J connectivity index is 1.29. The molecule has 4 aromatic heterocycles. The number of primary amides is 1. The quantitative estimate of drug-likeness (QED) is 0.0825. The molecule has 0 spiro atoms. The summed E-state index contributed by atoms with van der Waals surface area (Å²) in [5.74, 6) is -0.707. The minimum absolute atomic E-state index is 0.0593. The maximum atomic E-state index is 13.8. The number of ether oxygens (including phenoxy) is 3. The Labute approximate surface area is 349 Å². The summed E-state index contributed by atoms with van der Waals surface area (Å²) in [6.07, 6.45) is 4.50. The zero-order valence-electron chi connectivity index (χ0n) is 34.2. The normalized spacial score (nSPS) is 13.5. The van der Waals surface area contributed by atoms with E-state index in [0.29, 0.717) is 75.9 Å². The lowest BCUT2D eigenvalue weighted by atomic mass is 10.1. The van der Waals surface area contributed by atoms with Gasteiger partial charge in [0.2, 0.25) is 23.6 Å². The lowest BCUT2D eigenvalue weighted by molar-refractivity contribution is 0.0837. The van der Waals surface area contributed by atoms with Gasteiger partial charge < -0.3 is 43.9 Å². The number of aliphatic hydroxyl groups excluding tert-OH is 1. The lowest BCUT2D eigenvalue weighted by Crippen LogP contribution is -2.27. The van der Waals surface area contributed by atoms with Crippen molar-refractivity contribution in [2.24, 2.45) is 5.73 Å². The highest BCUT2D eigenvalue weighted by Gasteiger charge is 2.25.